The van der Waals surface area contributed by atoms with Crippen LogP contribution in [-0.2, 0) is 16.6 Å². The Kier molecular flexibility index (Phi) is 5.95. The number of aryl methyl sites for hydroxylation is 1. The number of hydrogen-bond donors (Lipinski definition) is 3. The van der Waals surface area contributed by atoms with Crippen molar-refractivity contribution in [3.05, 3.63) is 23.8 Å². The van der Waals surface area contributed by atoms with Crippen LogP contribution in [0, 0.1) is 5.92 Å². The van der Waals surface area contributed by atoms with Gasteiger partial charge in [0.15, 0.2) is 0 Å². The van der Waals surface area contributed by atoms with Gasteiger partial charge in [0.25, 0.3) is 5.91 Å². The number of carbonyl (C=O) groups excluding carboxylic acids is 1. The van der Waals surface area contributed by atoms with Gasteiger partial charge in [0.05, 0.1) is 23.6 Å². The van der Waals surface area contributed by atoms with Crippen LogP contribution in [0.3, 0.4) is 0 Å². The van der Waals surface area contributed by atoms with Gasteiger partial charge in [-0.15, -0.1) is 0 Å². The lowest BCUT2D eigenvalue weighted by Crippen LogP contribution is -2.38. The number of carbonyl (C=O) groups is 2. The molecule has 0 unspecified atom stereocenters. The van der Waals surface area contributed by atoms with Gasteiger partial charge < -0.3 is 25.0 Å². The molecule has 1 fully saturated rings. The van der Waals surface area contributed by atoms with E-state index < -0.39 is 5.97 Å². The van der Waals surface area contributed by atoms with E-state index in [1.165, 1.54) is 0 Å². The van der Waals surface area contributed by atoms with Crippen LogP contribution >= 0.6 is 0 Å². The largest absolute Gasteiger partial charge is 0.481 e. The van der Waals surface area contributed by atoms with E-state index in [-0.39, 0.29) is 17.9 Å². The Balaban J connectivity index is 1.66. The number of hydrogen-bond acceptors (Lipinski definition) is 5. The number of carboxylic acids is 1. The Bertz CT molecular complexity index is 824. The number of carboxylic acid groups (broad SMARTS) is 1. The molecule has 1 aromatic heterocycles. The minimum absolute atomic E-state index is 0.0267. The van der Waals surface area contributed by atoms with Crippen LogP contribution in [0.1, 0.15) is 36.0 Å². The molecule has 3 N–H and O–H groups in total. The molecule has 0 aliphatic heterocycles. The molecule has 146 valence electrons. The molecular formula is C19H26N4O4. The van der Waals surface area contributed by atoms with Crippen molar-refractivity contribution in [3.8, 4) is 0 Å². The van der Waals surface area contributed by atoms with Gasteiger partial charge in [0, 0.05) is 32.3 Å². The summed E-state index contributed by atoms with van der Waals surface area (Å²) in [6, 6.07) is 5.50. The number of ether oxygens (including phenoxy) is 1. The summed E-state index contributed by atoms with van der Waals surface area (Å²) in [6.45, 7) is 1.24. The third kappa shape index (κ3) is 4.39. The fourth-order valence-corrected chi connectivity index (χ4v) is 3.52. The topological polar surface area (TPSA) is 105 Å². The Hall–Kier alpha value is -2.61. The molecule has 1 aliphatic rings. The summed E-state index contributed by atoms with van der Waals surface area (Å²) in [5.41, 5.74) is 2.25. The lowest BCUT2D eigenvalue weighted by Gasteiger charge is -2.26. The zero-order valence-corrected chi connectivity index (χ0v) is 15.7. The maximum absolute atomic E-state index is 12.6. The molecule has 1 saturated carbocycles. The maximum Gasteiger partial charge on any atom is 0.306 e. The van der Waals surface area contributed by atoms with E-state index >= 15 is 0 Å². The minimum atomic E-state index is -0.740. The first-order chi connectivity index (χ1) is 13.0. The average molecular weight is 374 g/mol. The second-order valence-electron chi connectivity index (χ2n) is 6.98. The highest BCUT2D eigenvalue weighted by atomic mass is 16.5. The van der Waals surface area contributed by atoms with Gasteiger partial charge in [-0.05, 0) is 43.9 Å². The third-order valence-corrected chi connectivity index (χ3v) is 5.14. The zero-order chi connectivity index (χ0) is 19.4. The number of imidazole rings is 1. The molecule has 0 radical (unpaired) electrons. The lowest BCUT2D eigenvalue weighted by molar-refractivity contribution is -0.142. The van der Waals surface area contributed by atoms with Crippen LogP contribution in [0.5, 0.6) is 0 Å². The molecule has 1 aromatic carbocycles. The Morgan fingerprint density at radius 1 is 1.30 bits per heavy atom. The molecule has 3 rings (SSSR count). The summed E-state index contributed by atoms with van der Waals surface area (Å²) < 4.78 is 6.98. The van der Waals surface area contributed by atoms with Gasteiger partial charge in [-0.25, -0.2) is 4.98 Å². The molecule has 0 spiro atoms. The van der Waals surface area contributed by atoms with Gasteiger partial charge >= 0.3 is 5.97 Å². The molecule has 0 saturated heterocycles. The smallest absolute Gasteiger partial charge is 0.306 e. The van der Waals surface area contributed by atoms with Crippen molar-refractivity contribution in [2.45, 2.75) is 31.7 Å². The molecule has 1 aliphatic carbocycles. The number of methoxy groups -OCH3 is 1. The summed E-state index contributed by atoms with van der Waals surface area (Å²) in [6.07, 6.45) is 2.61. The maximum atomic E-state index is 12.6. The average Bonchev–Trinajstić information content (AvgIpc) is 2.97. The normalized spacial score (nSPS) is 19.8. The summed E-state index contributed by atoms with van der Waals surface area (Å²) in [5.74, 6) is -0.441. The van der Waals surface area contributed by atoms with E-state index in [1.807, 2.05) is 17.7 Å². The lowest BCUT2D eigenvalue weighted by atomic mass is 9.86. The number of aliphatic carboxylic acids is 1. The highest BCUT2D eigenvalue weighted by molar-refractivity contribution is 5.97. The number of nitrogens with zero attached hydrogens (tertiary/aromatic N) is 2. The fraction of sp³-hybridized carbons (Fsp3) is 0.526. The number of nitrogens with one attached hydrogen (secondary N) is 2. The van der Waals surface area contributed by atoms with Gasteiger partial charge in [-0.3, -0.25) is 9.59 Å². The van der Waals surface area contributed by atoms with Gasteiger partial charge in [0.1, 0.15) is 0 Å². The predicted molar refractivity (Wildman–Crippen MR) is 102 cm³/mol. The van der Waals surface area contributed by atoms with Crippen LogP contribution in [0.15, 0.2) is 18.2 Å². The number of aromatic nitrogens is 2. The standard InChI is InChI=1S/C19H26N4O4/c1-23-16-8-5-13(11-15(16)22-19(23)20-9-10-27-2)17(24)21-14-6-3-12(4-7-14)18(25)26/h5,8,11-12,14H,3-4,6-7,9-10H2,1-2H3,(H,20,22)(H,21,24)(H,25,26). The second kappa shape index (κ2) is 8.39. The van der Waals surface area contributed by atoms with E-state index in [0.717, 1.165) is 17.0 Å². The summed E-state index contributed by atoms with van der Waals surface area (Å²) in [5, 5.41) is 15.3. The Labute approximate surface area is 157 Å². The van der Waals surface area contributed by atoms with Crippen molar-refractivity contribution in [3.63, 3.8) is 0 Å². The van der Waals surface area contributed by atoms with Crippen LogP contribution in [0.2, 0.25) is 0 Å². The first-order valence-electron chi connectivity index (χ1n) is 9.22. The van der Waals surface area contributed by atoms with E-state index in [2.05, 4.69) is 15.6 Å². The summed E-state index contributed by atoms with van der Waals surface area (Å²) in [4.78, 5) is 28.2. The number of anilines is 1. The van der Waals surface area contributed by atoms with Gasteiger partial charge in [-0.1, -0.05) is 0 Å². The van der Waals surface area contributed by atoms with Crippen molar-refractivity contribution in [2.24, 2.45) is 13.0 Å². The SMILES string of the molecule is COCCNc1nc2cc(C(=O)NC3CCC(C(=O)O)CC3)ccc2n1C. The third-order valence-electron chi connectivity index (χ3n) is 5.14. The molecule has 1 amide bonds. The van der Waals surface area contributed by atoms with Crippen molar-refractivity contribution in [1.29, 1.82) is 0 Å². The van der Waals surface area contributed by atoms with E-state index in [0.29, 0.717) is 44.4 Å². The molecule has 1 heterocycles. The van der Waals surface area contributed by atoms with Crippen molar-refractivity contribution < 1.29 is 19.4 Å². The van der Waals surface area contributed by atoms with Crippen LogP contribution in [-0.4, -0.2) is 52.8 Å². The zero-order valence-electron chi connectivity index (χ0n) is 15.7. The molecule has 0 atom stereocenters. The molecule has 0 bridgehead atoms. The quantitative estimate of drug-likeness (QED) is 0.640. The molecule has 27 heavy (non-hydrogen) atoms. The van der Waals surface area contributed by atoms with E-state index in [1.54, 1.807) is 19.2 Å². The summed E-state index contributed by atoms with van der Waals surface area (Å²) >= 11 is 0. The summed E-state index contributed by atoms with van der Waals surface area (Å²) in [7, 11) is 3.57. The highest BCUT2D eigenvalue weighted by Gasteiger charge is 2.27. The number of benzene rings is 1. The van der Waals surface area contributed by atoms with E-state index in [4.69, 9.17) is 9.84 Å². The monoisotopic (exact) mass is 374 g/mol. The molecular weight excluding hydrogens is 348 g/mol. The second-order valence-corrected chi connectivity index (χ2v) is 6.98. The van der Waals surface area contributed by atoms with Gasteiger partial charge in [-0.2, -0.15) is 0 Å². The number of fused-ring (bicyclic) bond motifs is 1. The van der Waals surface area contributed by atoms with Crippen molar-refractivity contribution >= 4 is 28.9 Å². The Morgan fingerprint density at radius 2 is 2.04 bits per heavy atom. The van der Waals surface area contributed by atoms with Crippen LogP contribution in [0.4, 0.5) is 5.95 Å². The minimum Gasteiger partial charge on any atom is -0.481 e. The van der Waals surface area contributed by atoms with Crippen molar-refractivity contribution in [2.75, 3.05) is 25.6 Å². The molecule has 8 heteroatoms. The predicted octanol–water partition coefficient (Wildman–Crippen LogP) is 2.00. The molecule has 8 nitrogen and oxygen atoms in total. The Morgan fingerprint density at radius 3 is 2.70 bits per heavy atom. The number of rotatable bonds is 7. The first-order valence-corrected chi connectivity index (χ1v) is 9.22. The number of amides is 1. The van der Waals surface area contributed by atoms with Crippen molar-refractivity contribution in [1.82, 2.24) is 14.9 Å². The molecule has 2 aromatic rings. The van der Waals surface area contributed by atoms with Gasteiger partial charge in [0.2, 0.25) is 5.95 Å². The fourth-order valence-electron chi connectivity index (χ4n) is 3.52. The van der Waals surface area contributed by atoms with E-state index in [9.17, 15) is 9.59 Å². The van der Waals surface area contributed by atoms with Crippen LogP contribution < -0.4 is 10.6 Å². The highest BCUT2D eigenvalue weighted by Crippen LogP contribution is 2.25. The van der Waals surface area contributed by atoms with Crippen LogP contribution in [0.25, 0.3) is 11.0 Å². The first kappa shape index (κ1) is 19.2.